The zero-order chi connectivity index (χ0) is 15.9. The van der Waals surface area contributed by atoms with Gasteiger partial charge in [0.05, 0.1) is 14.2 Å². The minimum Gasteiger partial charge on any atom is -0.493 e. The van der Waals surface area contributed by atoms with Gasteiger partial charge in [-0.3, -0.25) is 4.90 Å². The van der Waals surface area contributed by atoms with E-state index >= 15 is 0 Å². The largest absolute Gasteiger partial charge is 0.493 e. The van der Waals surface area contributed by atoms with Gasteiger partial charge in [-0.25, -0.2) is 0 Å². The Labute approximate surface area is 142 Å². The number of benzene rings is 1. The third-order valence-electron chi connectivity index (χ3n) is 4.34. The highest BCUT2D eigenvalue weighted by atomic mass is 79.9. The van der Waals surface area contributed by atoms with Crippen LogP contribution in [0.5, 0.6) is 11.5 Å². The molecule has 0 spiro atoms. The Morgan fingerprint density at radius 2 is 1.82 bits per heavy atom. The monoisotopic (exact) mass is 370 g/mol. The molecule has 1 aliphatic heterocycles. The van der Waals surface area contributed by atoms with Crippen LogP contribution in [0.3, 0.4) is 0 Å². The maximum atomic E-state index is 5.41. The van der Waals surface area contributed by atoms with Crippen molar-refractivity contribution in [2.75, 3.05) is 40.4 Å². The molecule has 5 heteroatoms. The van der Waals surface area contributed by atoms with E-state index < -0.39 is 0 Å². The highest BCUT2D eigenvalue weighted by molar-refractivity contribution is 9.10. The smallest absolute Gasteiger partial charge is 0.161 e. The maximum absolute atomic E-state index is 5.41. The minimum absolute atomic E-state index is 0.766. The predicted molar refractivity (Wildman–Crippen MR) is 93.8 cm³/mol. The van der Waals surface area contributed by atoms with E-state index in [9.17, 15) is 0 Å². The van der Waals surface area contributed by atoms with Crippen LogP contribution >= 0.6 is 15.9 Å². The van der Waals surface area contributed by atoms with E-state index in [-0.39, 0.29) is 0 Å². The quantitative estimate of drug-likeness (QED) is 0.798. The van der Waals surface area contributed by atoms with Gasteiger partial charge in [-0.05, 0) is 62.6 Å². The van der Waals surface area contributed by atoms with Gasteiger partial charge in [0.1, 0.15) is 0 Å². The van der Waals surface area contributed by atoms with E-state index in [1.54, 1.807) is 14.2 Å². The third-order valence-corrected chi connectivity index (χ3v) is 5.07. The molecule has 1 N–H and O–H groups in total. The average molecular weight is 371 g/mol. The first-order valence-electron chi connectivity index (χ1n) is 8.01. The Kier molecular flexibility index (Phi) is 6.99. The number of nitrogens with one attached hydrogen (secondary N) is 1. The van der Waals surface area contributed by atoms with E-state index in [0.717, 1.165) is 54.6 Å². The van der Waals surface area contributed by atoms with Crippen LogP contribution < -0.4 is 14.8 Å². The fourth-order valence-electron chi connectivity index (χ4n) is 2.96. The van der Waals surface area contributed by atoms with Crippen LogP contribution in [0.15, 0.2) is 16.6 Å². The summed E-state index contributed by atoms with van der Waals surface area (Å²) in [5.41, 5.74) is 1.25. The van der Waals surface area contributed by atoms with Crippen LogP contribution in [0, 0.1) is 5.92 Å². The van der Waals surface area contributed by atoms with Crippen molar-refractivity contribution < 1.29 is 9.47 Å². The lowest BCUT2D eigenvalue weighted by Crippen LogP contribution is -2.36. The highest BCUT2D eigenvalue weighted by Gasteiger charge is 2.20. The van der Waals surface area contributed by atoms with E-state index in [4.69, 9.17) is 9.47 Å². The van der Waals surface area contributed by atoms with Crippen molar-refractivity contribution in [3.8, 4) is 11.5 Å². The van der Waals surface area contributed by atoms with Gasteiger partial charge in [-0.2, -0.15) is 0 Å². The van der Waals surface area contributed by atoms with Crippen LogP contribution in [0.4, 0.5) is 0 Å². The van der Waals surface area contributed by atoms with Crippen LogP contribution in [-0.2, 0) is 6.54 Å². The molecule has 1 fully saturated rings. The summed E-state index contributed by atoms with van der Waals surface area (Å²) in [7, 11) is 3.35. The summed E-state index contributed by atoms with van der Waals surface area (Å²) in [6.45, 7) is 7.68. The second kappa shape index (κ2) is 8.75. The Balaban J connectivity index is 1.94. The van der Waals surface area contributed by atoms with Crippen molar-refractivity contribution in [3.63, 3.8) is 0 Å². The summed E-state index contributed by atoms with van der Waals surface area (Å²) >= 11 is 3.65. The Hall–Kier alpha value is -0.780. The van der Waals surface area contributed by atoms with Gasteiger partial charge in [0.15, 0.2) is 11.5 Å². The Morgan fingerprint density at radius 1 is 1.18 bits per heavy atom. The Bertz CT molecular complexity index is 474. The fraction of sp³-hybridized carbons (Fsp3) is 0.647. The number of ether oxygens (including phenoxy) is 2. The zero-order valence-electron chi connectivity index (χ0n) is 13.8. The molecule has 1 aliphatic rings. The van der Waals surface area contributed by atoms with Crippen molar-refractivity contribution in [2.24, 2.45) is 5.92 Å². The number of methoxy groups -OCH3 is 2. The van der Waals surface area contributed by atoms with Crippen molar-refractivity contribution >= 4 is 15.9 Å². The summed E-state index contributed by atoms with van der Waals surface area (Å²) in [6, 6.07) is 4.07. The van der Waals surface area contributed by atoms with Gasteiger partial charge in [0.25, 0.3) is 0 Å². The molecule has 0 saturated carbocycles. The molecule has 1 aromatic carbocycles. The number of piperidine rings is 1. The lowest BCUT2D eigenvalue weighted by molar-refractivity contribution is 0.175. The number of nitrogens with zero attached hydrogens (tertiary/aromatic N) is 1. The van der Waals surface area contributed by atoms with Gasteiger partial charge < -0.3 is 14.8 Å². The number of hydrogen-bond donors (Lipinski definition) is 1. The average Bonchev–Trinajstić information content (AvgIpc) is 2.55. The van der Waals surface area contributed by atoms with Gasteiger partial charge in [0.2, 0.25) is 0 Å². The van der Waals surface area contributed by atoms with Gasteiger partial charge in [0, 0.05) is 11.0 Å². The summed E-state index contributed by atoms with van der Waals surface area (Å²) < 4.78 is 11.8. The van der Waals surface area contributed by atoms with Crippen molar-refractivity contribution in [2.45, 2.75) is 26.3 Å². The summed E-state index contributed by atoms with van der Waals surface area (Å²) in [5, 5.41) is 3.46. The van der Waals surface area contributed by atoms with E-state index in [1.165, 1.54) is 18.4 Å². The molecule has 1 heterocycles. The molecular formula is C17H27BrN2O2. The zero-order valence-corrected chi connectivity index (χ0v) is 15.4. The molecule has 1 saturated heterocycles. The molecular weight excluding hydrogens is 344 g/mol. The molecule has 0 radical (unpaired) electrons. The third kappa shape index (κ3) is 4.61. The molecule has 0 atom stereocenters. The van der Waals surface area contributed by atoms with E-state index in [2.05, 4.69) is 39.1 Å². The topological polar surface area (TPSA) is 33.7 Å². The van der Waals surface area contributed by atoms with E-state index in [0.29, 0.717) is 0 Å². The molecule has 0 aromatic heterocycles. The SMILES string of the molecule is CCNCC1CCN(Cc2cc(OC)c(OC)cc2Br)CC1. The van der Waals surface area contributed by atoms with Crippen LogP contribution in [0.1, 0.15) is 25.3 Å². The van der Waals surface area contributed by atoms with Gasteiger partial charge in [-0.1, -0.05) is 22.9 Å². The summed E-state index contributed by atoms with van der Waals surface area (Å²) in [6.07, 6.45) is 2.55. The Morgan fingerprint density at radius 3 is 2.41 bits per heavy atom. The first kappa shape index (κ1) is 17.6. The van der Waals surface area contributed by atoms with Gasteiger partial charge >= 0.3 is 0 Å². The first-order chi connectivity index (χ1) is 10.7. The molecule has 22 heavy (non-hydrogen) atoms. The predicted octanol–water partition coefficient (Wildman–Crippen LogP) is 3.29. The molecule has 0 amide bonds. The van der Waals surface area contributed by atoms with Crippen molar-refractivity contribution in [1.29, 1.82) is 0 Å². The van der Waals surface area contributed by atoms with Crippen molar-refractivity contribution in [3.05, 3.63) is 22.2 Å². The van der Waals surface area contributed by atoms with Crippen LogP contribution in [0.25, 0.3) is 0 Å². The molecule has 4 nitrogen and oxygen atoms in total. The number of halogens is 1. The van der Waals surface area contributed by atoms with Crippen LogP contribution in [-0.4, -0.2) is 45.3 Å². The number of hydrogen-bond acceptors (Lipinski definition) is 4. The van der Waals surface area contributed by atoms with Crippen LogP contribution in [0.2, 0.25) is 0 Å². The molecule has 124 valence electrons. The summed E-state index contributed by atoms with van der Waals surface area (Å²) in [4.78, 5) is 2.52. The summed E-state index contributed by atoms with van der Waals surface area (Å²) in [5.74, 6) is 2.38. The van der Waals surface area contributed by atoms with E-state index in [1.807, 2.05) is 6.07 Å². The highest BCUT2D eigenvalue weighted by Crippen LogP contribution is 2.34. The second-order valence-electron chi connectivity index (χ2n) is 5.83. The molecule has 2 rings (SSSR count). The number of rotatable bonds is 7. The standard InChI is InChI=1S/C17H27BrN2O2/c1-4-19-11-13-5-7-20(8-6-13)12-14-9-16(21-2)17(22-3)10-15(14)18/h9-10,13,19H,4-8,11-12H2,1-3H3. The maximum Gasteiger partial charge on any atom is 0.161 e. The molecule has 0 unspecified atom stereocenters. The molecule has 1 aromatic rings. The second-order valence-corrected chi connectivity index (χ2v) is 6.68. The lowest BCUT2D eigenvalue weighted by atomic mass is 9.96. The first-order valence-corrected chi connectivity index (χ1v) is 8.80. The number of likely N-dealkylation sites (tertiary alicyclic amines) is 1. The normalized spacial score (nSPS) is 16.7. The molecule has 0 bridgehead atoms. The lowest BCUT2D eigenvalue weighted by Gasteiger charge is -2.32. The van der Waals surface area contributed by atoms with Crippen molar-refractivity contribution in [1.82, 2.24) is 10.2 Å². The van der Waals surface area contributed by atoms with Gasteiger partial charge in [-0.15, -0.1) is 0 Å². The fourth-order valence-corrected chi connectivity index (χ4v) is 3.40. The minimum atomic E-state index is 0.766. The molecule has 0 aliphatic carbocycles.